The van der Waals surface area contributed by atoms with Crippen LogP contribution < -0.4 is 9.88 Å². The number of nitrogens with zero attached hydrogens (tertiary/aromatic N) is 2. The number of alkyl halides is 3. The smallest absolute Gasteiger partial charge is 0.379 e. The third kappa shape index (κ3) is 5.43. The Kier molecular flexibility index (Phi) is 6.35. The van der Waals surface area contributed by atoms with Crippen LogP contribution in [0, 0.1) is 5.82 Å². The number of aromatic nitrogens is 2. The van der Waals surface area contributed by atoms with Gasteiger partial charge >= 0.3 is 6.18 Å². The molecule has 0 spiro atoms. The first-order valence-electron chi connectivity index (χ1n) is 9.32. The summed E-state index contributed by atoms with van der Waals surface area (Å²) in [6.07, 6.45) is -3.16. The molecule has 0 radical (unpaired) electrons. The summed E-state index contributed by atoms with van der Waals surface area (Å²) in [5.74, 6) is -1.24. The van der Waals surface area contributed by atoms with Gasteiger partial charge in [0.1, 0.15) is 12.9 Å². The Hall–Kier alpha value is -3.33. The molecule has 9 heteroatoms. The van der Waals surface area contributed by atoms with Gasteiger partial charge in [0.2, 0.25) is 0 Å². The van der Waals surface area contributed by atoms with Crippen LogP contribution in [0.15, 0.2) is 61.1 Å². The summed E-state index contributed by atoms with van der Waals surface area (Å²) < 4.78 is 54.3. The maximum atomic E-state index is 13.2. The second-order valence-electron chi connectivity index (χ2n) is 7.15. The number of aliphatic hydroxyl groups is 1. The summed E-state index contributed by atoms with van der Waals surface area (Å²) in [4.78, 5) is 16.7. The lowest BCUT2D eigenvalue weighted by Crippen LogP contribution is -2.31. The van der Waals surface area contributed by atoms with E-state index in [4.69, 9.17) is 0 Å². The normalized spacial score (nSPS) is 13.5. The van der Waals surface area contributed by atoms with Crippen molar-refractivity contribution in [2.45, 2.75) is 25.2 Å². The number of carbonyl (C=O) groups excluding carboxylic acids is 1. The van der Waals surface area contributed by atoms with Crippen LogP contribution >= 0.6 is 0 Å². The van der Waals surface area contributed by atoms with Crippen LogP contribution in [0.1, 0.15) is 40.6 Å². The number of nitrogens with one attached hydrogen (secondary N) is 1. The molecular weight excluding hydrogens is 414 g/mol. The van der Waals surface area contributed by atoms with E-state index in [1.807, 2.05) is 25.5 Å². The third-order valence-corrected chi connectivity index (χ3v) is 4.68. The highest BCUT2D eigenvalue weighted by molar-refractivity contribution is 5.96. The molecule has 1 aromatic carbocycles. The van der Waals surface area contributed by atoms with E-state index in [9.17, 15) is 27.5 Å². The van der Waals surface area contributed by atoms with Gasteiger partial charge in [-0.05, 0) is 48.9 Å². The van der Waals surface area contributed by atoms with Crippen molar-refractivity contribution >= 4 is 5.91 Å². The summed E-state index contributed by atoms with van der Waals surface area (Å²) in [5, 5.41) is 12.5. The molecule has 0 aliphatic rings. The van der Waals surface area contributed by atoms with Crippen molar-refractivity contribution in [2.75, 3.05) is 0 Å². The van der Waals surface area contributed by atoms with Gasteiger partial charge in [0.05, 0.1) is 17.9 Å². The second kappa shape index (κ2) is 8.81. The van der Waals surface area contributed by atoms with Gasteiger partial charge in [0, 0.05) is 22.8 Å². The third-order valence-electron chi connectivity index (χ3n) is 4.68. The number of hydrogen-bond donors (Lipinski definition) is 2. The largest absolute Gasteiger partial charge is 0.418 e. The van der Waals surface area contributed by atoms with Crippen LogP contribution in [0.4, 0.5) is 17.6 Å². The molecule has 2 heterocycles. The lowest BCUT2D eigenvalue weighted by molar-refractivity contribution is -0.672. The molecule has 0 fully saturated rings. The van der Waals surface area contributed by atoms with Crippen LogP contribution in [-0.4, -0.2) is 22.2 Å². The summed E-state index contributed by atoms with van der Waals surface area (Å²) in [5.41, 5.74) is 0.499. The van der Waals surface area contributed by atoms with Crippen molar-refractivity contribution < 1.29 is 32.0 Å². The average Bonchev–Trinajstić information content (AvgIpc) is 2.72. The van der Waals surface area contributed by atoms with E-state index in [1.165, 1.54) is 12.1 Å². The Labute approximate surface area is 176 Å². The Balaban J connectivity index is 1.98. The number of halogens is 4. The summed E-state index contributed by atoms with van der Waals surface area (Å²) in [7, 11) is 1.82. The fraction of sp³-hybridized carbons (Fsp3) is 0.227. The van der Waals surface area contributed by atoms with Crippen LogP contribution in [0.5, 0.6) is 0 Å². The highest BCUT2D eigenvalue weighted by Gasteiger charge is 2.39. The molecule has 3 rings (SSSR count). The van der Waals surface area contributed by atoms with Crippen molar-refractivity contribution in [3.8, 4) is 11.3 Å². The lowest BCUT2D eigenvalue weighted by Gasteiger charge is -2.18. The molecule has 2 atom stereocenters. The molecule has 2 aromatic heterocycles. The quantitative estimate of drug-likeness (QED) is 0.474. The monoisotopic (exact) mass is 434 g/mol. The minimum Gasteiger partial charge on any atom is -0.379 e. The van der Waals surface area contributed by atoms with E-state index in [0.717, 1.165) is 30.0 Å². The average molecular weight is 434 g/mol. The van der Waals surface area contributed by atoms with Crippen molar-refractivity contribution in [3.05, 3.63) is 83.6 Å². The van der Waals surface area contributed by atoms with Crippen LogP contribution in [0.3, 0.4) is 0 Å². The predicted octanol–water partition coefficient (Wildman–Crippen LogP) is 3.80. The van der Waals surface area contributed by atoms with Gasteiger partial charge in [-0.3, -0.25) is 9.78 Å². The highest BCUT2D eigenvalue weighted by atomic mass is 19.4. The Bertz CT molecular complexity index is 1080. The molecule has 2 unspecified atom stereocenters. The molecule has 0 aliphatic carbocycles. The minimum absolute atomic E-state index is 0.0888. The second-order valence-corrected chi connectivity index (χ2v) is 7.15. The zero-order valence-corrected chi connectivity index (χ0v) is 16.7. The predicted molar refractivity (Wildman–Crippen MR) is 104 cm³/mol. The maximum Gasteiger partial charge on any atom is 0.418 e. The van der Waals surface area contributed by atoms with E-state index < -0.39 is 35.6 Å². The number of rotatable bonds is 5. The number of aryl methyl sites for hydroxylation is 1. The Morgan fingerprint density at radius 3 is 2.52 bits per heavy atom. The number of hydrogen-bond acceptors (Lipinski definition) is 3. The van der Waals surface area contributed by atoms with Gasteiger partial charge in [-0.1, -0.05) is 0 Å². The van der Waals surface area contributed by atoms with Crippen LogP contribution in [0.2, 0.25) is 0 Å². The first-order valence-corrected chi connectivity index (χ1v) is 9.32. The number of carbonyl (C=O) groups is 1. The fourth-order valence-electron chi connectivity index (χ4n) is 3.05. The number of pyridine rings is 2. The van der Waals surface area contributed by atoms with Gasteiger partial charge in [-0.15, -0.1) is 0 Å². The molecule has 31 heavy (non-hydrogen) atoms. The number of benzene rings is 1. The lowest BCUT2D eigenvalue weighted by atomic mass is 9.98. The van der Waals surface area contributed by atoms with Crippen LogP contribution in [0.25, 0.3) is 11.3 Å². The standard InChI is InChI=1S/C22H19F4N3O2/c1-13(14-4-3-7-29(2)12-14)28-21(31)17-9-15(19-6-5-18(23)11-27-19)8-16(10-17)20(30)22(24,25)26/h3-13,20,30H,1-2H3/p+1. The van der Waals surface area contributed by atoms with Crippen molar-refractivity contribution in [1.29, 1.82) is 0 Å². The molecule has 5 nitrogen and oxygen atoms in total. The van der Waals surface area contributed by atoms with Gasteiger partial charge in [0.25, 0.3) is 5.91 Å². The molecule has 0 bridgehead atoms. The topological polar surface area (TPSA) is 66.1 Å². The molecule has 3 aromatic rings. The highest BCUT2D eigenvalue weighted by Crippen LogP contribution is 2.35. The summed E-state index contributed by atoms with van der Waals surface area (Å²) >= 11 is 0. The number of aliphatic hydroxyl groups excluding tert-OH is 1. The Morgan fingerprint density at radius 1 is 1.16 bits per heavy atom. The van der Waals surface area contributed by atoms with E-state index in [0.29, 0.717) is 0 Å². The molecule has 0 aliphatic heterocycles. The van der Waals surface area contributed by atoms with E-state index in [2.05, 4.69) is 10.3 Å². The Morgan fingerprint density at radius 2 is 1.90 bits per heavy atom. The van der Waals surface area contributed by atoms with Gasteiger partial charge in [-0.2, -0.15) is 13.2 Å². The molecule has 2 N–H and O–H groups in total. The van der Waals surface area contributed by atoms with E-state index in [-0.39, 0.29) is 16.8 Å². The van der Waals surface area contributed by atoms with Crippen molar-refractivity contribution in [1.82, 2.24) is 10.3 Å². The van der Waals surface area contributed by atoms with Gasteiger partial charge in [0.15, 0.2) is 18.5 Å². The number of amides is 1. The molecule has 162 valence electrons. The zero-order valence-electron chi connectivity index (χ0n) is 16.7. The minimum atomic E-state index is -4.92. The van der Waals surface area contributed by atoms with Crippen molar-refractivity contribution in [3.63, 3.8) is 0 Å². The first-order chi connectivity index (χ1) is 14.5. The van der Waals surface area contributed by atoms with Crippen molar-refractivity contribution in [2.24, 2.45) is 7.05 Å². The molecule has 0 saturated heterocycles. The van der Waals surface area contributed by atoms with E-state index >= 15 is 0 Å². The van der Waals surface area contributed by atoms with Gasteiger partial charge in [-0.25, -0.2) is 8.96 Å². The molecule has 0 saturated carbocycles. The zero-order chi connectivity index (χ0) is 22.8. The van der Waals surface area contributed by atoms with Crippen LogP contribution in [-0.2, 0) is 7.05 Å². The van der Waals surface area contributed by atoms with Gasteiger partial charge < -0.3 is 10.4 Å². The summed E-state index contributed by atoms with van der Waals surface area (Å²) in [6.45, 7) is 1.74. The fourth-order valence-corrected chi connectivity index (χ4v) is 3.05. The summed E-state index contributed by atoms with van der Waals surface area (Å²) in [6, 6.07) is 8.98. The van der Waals surface area contributed by atoms with E-state index in [1.54, 1.807) is 17.6 Å². The molecular formula is C22H20F4N3O2+. The SMILES string of the molecule is CC(NC(=O)c1cc(-c2ccc(F)cn2)cc(C(O)C(F)(F)F)c1)c1ccc[n+](C)c1. The maximum absolute atomic E-state index is 13.2. The first kappa shape index (κ1) is 22.4. The molecule has 1 amide bonds.